The lowest BCUT2D eigenvalue weighted by atomic mass is 9.82. The zero-order valence-corrected chi connectivity index (χ0v) is 13.9. The van der Waals surface area contributed by atoms with Gasteiger partial charge in [-0.15, -0.1) is 0 Å². The number of carbonyl (C=O) groups excluding carboxylic acids is 2. The largest absolute Gasteiger partial charge is 0.456 e. The van der Waals surface area contributed by atoms with Crippen molar-refractivity contribution in [1.82, 2.24) is 4.90 Å². The molecule has 2 bridgehead atoms. The second-order valence-electron chi connectivity index (χ2n) is 7.96. The van der Waals surface area contributed by atoms with Crippen molar-refractivity contribution in [3.8, 4) is 0 Å². The first-order chi connectivity index (χ1) is 11.0. The van der Waals surface area contributed by atoms with Gasteiger partial charge < -0.3 is 9.47 Å². The molecule has 5 atom stereocenters. The van der Waals surface area contributed by atoms with Crippen molar-refractivity contribution in [3.05, 3.63) is 12.2 Å². The molecule has 23 heavy (non-hydrogen) atoms. The van der Waals surface area contributed by atoms with E-state index in [1.165, 1.54) is 12.8 Å². The van der Waals surface area contributed by atoms with Gasteiger partial charge in [0.15, 0.2) is 6.10 Å². The lowest BCUT2D eigenvalue weighted by Crippen LogP contribution is -2.54. The molecule has 126 valence electrons. The summed E-state index contributed by atoms with van der Waals surface area (Å²) in [4.78, 5) is 27.8. The zero-order chi connectivity index (χ0) is 16.2. The molecule has 0 amide bonds. The number of nitrogens with zero attached hydrogens (tertiary/aromatic N) is 1. The van der Waals surface area contributed by atoms with Gasteiger partial charge in [-0.25, -0.2) is 0 Å². The maximum Gasteiger partial charge on any atom is 0.311 e. The molecular formula is C18H25NO4. The van der Waals surface area contributed by atoms with Crippen LogP contribution in [0, 0.1) is 23.7 Å². The molecule has 0 aromatic carbocycles. The summed E-state index contributed by atoms with van der Waals surface area (Å²) in [5, 5.41) is 0. The first-order valence-electron chi connectivity index (χ1n) is 8.80. The summed E-state index contributed by atoms with van der Waals surface area (Å²) in [7, 11) is 0. The third-order valence-corrected chi connectivity index (χ3v) is 6.02. The van der Waals surface area contributed by atoms with Crippen molar-refractivity contribution < 1.29 is 19.1 Å². The summed E-state index contributed by atoms with van der Waals surface area (Å²) in [6.45, 7) is 6.42. The molecule has 3 fully saturated rings. The Morgan fingerprint density at radius 1 is 1.09 bits per heavy atom. The smallest absolute Gasteiger partial charge is 0.311 e. The van der Waals surface area contributed by atoms with Gasteiger partial charge in [-0.05, 0) is 58.0 Å². The van der Waals surface area contributed by atoms with E-state index in [0.717, 1.165) is 19.5 Å². The van der Waals surface area contributed by atoms with E-state index < -0.39 is 11.7 Å². The van der Waals surface area contributed by atoms with E-state index >= 15 is 0 Å². The van der Waals surface area contributed by atoms with Gasteiger partial charge in [0.25, 0.3) is 0 Å². The van der Waals surface area contributed by atoms with Crippen LogP contribution in [0.5, 0.6) is 0 Å². The number of carbonyl (C=O) groups is 2. The minimum Gasteiger partial charge on any atom is -0.456 e. The van der Waals surface area contributed by atoms with Crippen LogP contribution < -0.4 is 0 Å². The highest BCUT2D eigenvalue weighted by atomic mass is 16.6. The van der Waals surface area contributed by atoms with Crippen LogP contribution in [0.25, 0.3) is 0 Å². The number of hydrogen-bond donors (Lipinski definition) is 0. The zero-order valence-electron chi connectivity index (χ0n) is 13.9. The highest BCUT2D eigenvalue weighted by Crippen LogP contribution is 2.50. The van der Waals surface area contributed by atoms with E-state index in [2.05, 4.69) is 17.1 Å². The molecule has 5 nitrogen and oxygen atoms in total. The first-order valence-corrected chi connectivity index (χ1v) is 8.80. The number of hydrogen-bond acceptors (Lipinski definition) is 5. The monoisotopic (exact) mass is 319 g/mol. The van der Waals surface area contributed by atoms with Gasteiger partial charge in [-0.2, -0.15) is 0 Å². The van der Waals surface area contributed by atoms with Crippen LogP contribution in [0.4, 0.5) is 0 Å². The van der Waals surface area contributed by atoms with E-state index in [4.69, 9.17) is 9.47 Å². The molecule has 0 aromatic heterocycles. The Labute approximate surface area is 137 Å². The van der Waals surface area contributed by atoms with Gasteiger partial charge in [0.05, 0.1) is 11.8 Å². The van der Waals surface area contributed by atoms with Crippen LogP contribution in [0.1, 0.15) is 33.1 Å². The molecule has 2 heterocycles. The van der Waals surface area contributed by atoms with E-state index in [0.29, 0.717) is 6.54 Å². The van der Waals surface area contributed by atoms with Crippen molar-refractivity contribution >= 4 is 11.9 Å². The summed E-state index contributed by atoms with van der Waals surface area (Å²) < 4.78 is 11.7. The molecule has 4 rings (SSSR count). The molecule has 2 aliphatic carbocycles. The fourth-order valence-electron chi connectivity index (χ4n) is 4.68. The maximum atomic E-state index is 12.8. The van der Waals surface area contributed by atoms with Crippen molar-refractivity contribution in [2.45, 2.75) is 44.8 Å². The molecule has 1 saturated carbocycles. The number of rotatable bonds is 2. The third kappa shape index (κ3) is 2.49. The van der Waals surface area contributed by atoms with Crippen LogP contribution in [0.2, 0.25) is 0 Å². The lowest BCUT2D eigenvalue weighted by Gasteiger charge is -2.40. The Morgan fingerprint density at radius 2 is 1.70 bits per heavy atom. The minimum atomic E-state index is -0.786. The average molecular weight is 319 g/mol. The van der Waals surface area contributed by atoms with Crippen molar-refractivity contribution in [3.63, 3.8) is 0 Å². The number of esters is 2. The molecule has 2 saturated heterocycles. The van der Waals surface area contributed by atoms with Crippen molar-refractivity contribution in [2.75, 3.05) is 19.6 Å². The van der Waals surface area contributed by atoms with Crippen LogP contribution in [-0.2, 0) is 19.1 Å². The average Bonchev–Trinajstić information content (AvgIpc) is 3.20. The second-order valence-corrected chi connectivity index (χ2v) is 7.96. The second kappa shape index (κ2) is 5.33. The fraction of sp³-hybridized carbons (Fsp3) is 0.778. The summed E-state index contributed by atoms with van der Waals surface area (Å²) in [5.74, 6) is -0.866. The Hall–Kier alpha value is -1.36. The number of allylic oxidation sites excluding steroid dienone is 2. The predicted molar refractivity (Wildman–Crippen MR) is 83.4 cm³/mol. The molecular weight excluding hydrogens is 294 g/mol. The van der Waals surface area contributed by atoms with Crippen LogP contribution in [-0.4, -0.2) is 48.2 Å². The quantitative estimate of drug-likeness (QED) is 0.573. The highest BCUT2D eigenvalue weighted by Gasteiger charge is 2.56. The minimum absolute atomic E-state index is 0.135. The molecule has 4 aliphatic rings. The number of ether oxygens (including phenoxy) is 2. The Balaban J connectivity index is 1.59. The summed E-state index contributed by atoms with van der Waals surface area (Å²) in [6.07, 6.45) is 6.97. The number of fused-ring (bicyclic) bond motifs is 5. The molecule has 5 heteroatoms. The highest BCUT2D eigenvalue weighted by molar-refractivity contribution is 5.85. The summed E-state index contributed by atoms with van der Waals surface area (Å²) >= 11 is 0. The molecule has 0 aromatic rings. The Bertz CT molecular complexity index is 549. The van der Waals surface area contributed by atoms with Crippen molar-refractivity contribution in [2.24, 2.45) is 23.7 Å². The molecule has 2 aliphatic heterocycles. The van der Waals surface area contributed by atoms with Crippen LogP contribution in [0.3, 0.4) is 0 Å². The predicted octanol–water partition coefficient (Wildman–Crippen LogP) is 1.77. The Morgan fingerprint density at radius 3 is 2.35 bits per heavy atom. The third-order valence-electron chi connectivity index (χ3n) is 6.02. The van der Waals surface area contributed by atoms with Gasteiger partial charge in [0, 0.05) is 6.54 Å². The number of cyclic esters (lactones) is 2. The van der Waals surface area contributed by atoms with Gasteiger partial charge in [-0.1, -0.05) is 12.2 Å². The van der Waals surface area contributed by atoms with E-state index in [1.54, 1.807) is 0 Å². The normalized spacial score (nSPS) is 42.1. The van der Waals surface area contributed by atoms with Gasteiger partial charge in [-0.3, -0.25) is 14.5 Å². The number of likely N-dealkylation sites (tertiary alicyclic amines) is 1. The molecule has 0 N–H and O–H groups in total. The van der Waals surface area contributed by atoms with Crippen molar-refractivity contribution in [1.29, 1.82) is 0 Å². The topological polar surface area (TPSA) is 55.8 Å². The molecule has 0 spiro atoms. The van der Waals surface area contributed by atoms with Gasteiger partial charge >= 0.3 is 11.9 Å². The first kappa shape index (κ1) is 15.2. The van der Waals surface area contributed by atoms with Gasteiger partial charge in [0.2, 0.25) is 0 Å². The van der Waals surface area contributed by atoms with Gasteiger partial charge in [0.1, 0.15) is 5.60 Å². The van der Waals surface area contributed by atoms with Crippen LogP contribution >= 0.6 is 0 Å². The lowest BCUT2D eigenvalue weighted by molar-refractivity contribution is -0.201. The molecule has 0 radical (unpaired) electrons. The Kier molecular flexibility index (Phi) is 3.52. The van der Waals surface area contributed by atoms with E-state index in [9.17, 15) is 9.59 Å². The summed E-state index contributed by atoms with van der Waals surface area (Å²) in [6, 6.07) is 0. The van der Waals surface area contributed by atoms with E-state index in [-0.39, 0.29) is 35.6 Å². The molecule has 5 unspecified atom stereocenters. The fourth-order valence-corrected chi connectivity index (χ4v) is 4.68. The maximum absolute atomic E-state index is 12.8. The van der Waals surface area contributed by atoms with E-state index in [1.807, 2.05) is 13.8 Å². The standard InChI is InChI=1S/C18H25NO4/c1-18(2)13(10-19-7-3-4-8-19)22-16(20)14-11-5-6-12(9-11)15(14)17(21)23-18/h5-6,11-15H,3-4,7-10H2,1-2H3. The van der Waals surface area contributed by atoms with Crippen LogP contribution in [0.15, 0.2) is 12.2 Å². The SMILES string of the molecule is CC1(C)OC(=O)C2C3C=CC(C3)C2C(=O)OC1CN1CCCC1. The summed E-state index contributed by atoms with van der Waals surface area (Å²) in [5.41, 5.74) is -0.786.